The van der Waals surface area contributed by atoms with E-state index in [9.17, 15) is 0 Å². The lowest BCUT2D eigenvalue weighted by Gasteiger charge is -2.31. The lowest BCUT2D eigenvalue weighted by molar-refractivity contribution is 0.216. The summed E-state index contributed by atoms with van der Waals surface area (Å²) < 4.78 is 11.8. The van der Waals surface area contributed by atoms with Gasteiger partial charge in [-0.05, 0) is 36.4 Å². The molecule has 1 aliphatic heterocycles. The molecule has 0 bridgehead atoms. The first-order valence-electron chi connectivity index (χ1n) is 7.14. The van der Waals surface area contributed by atoms with E-state index < -0.39 is 0 Å². The van der Waals surface area contributed by atoms with E-state index in [0.717, 1.165) is 29.1 Å². The number of methoxy groups -OCH3 is 2. The fourth-order valence-electron chi connectivity index (χ4n) is 2.68. The maximum absolute atomic E-state index is 6.08. The molecule has 0 aliphatic carbocycles. The Morgan fingerprint density at radius 1 is 1.24 bits per heavy atom. The Labute approximate surface area is 139 Å². The van der Waals surface area contributed by atoms with E-state index in [1.54, 1.807) is 14.2 Å². The van der Waals surface area contributed by atoms with Crippen LogP contribution in [0.2, 0.25) is 0 Å². The topological polar surface area (TPSA) is 47.7 Å². The molecule has 0 amide bonds. The van der Waals surface area contributed by atoms with Crippen molar-refractivity contribution in [3.8, 4) is 11.5 Å². The van der Waals surface area contributed by atoms with Crippen LogP contribution in [0.5, 0.6) is 11.5 Å². The van der Waals surface area contributed by atoms with E-state index in [0.29, 0.717) is 6.54 Å². The highest BCUT2D eigenvalue weighted by Crippen LogP contribution is 2.37. The van der Waals surface area contributed by atoms with Crippen molar-refractivity contribution in [3.63, 3.8) is 0 Å². The summed E-state index contributed by atoms with van der Waals surface area (Å²) in [6, 6.07) is 4.21. The van der Waals surface area contributed by atoms with Gasteiger partial charge in [0.05, 0.1) is 14.2 Å². The molecule has 2 rings (SSSR count). The summed E-state index contributed by atoms with van der Waals surface area (Å²) in [4.78, 5) is 2.48. The van der Waals surface area contributed by atoms with E-state index in [1.165, 1.54) is 23.5 Å². The van der Waals surface area contributed by atoms with Gasteiger partial charge in [-0.2, -0.15) is 11.8 Å². The Balaban J connectivity index is 2.32. The molecule has 1 heterocycles. The summed E-state index contributed by atoms with van der Waals surface area (Å²) in [5.74, 6) is 3.89. The Bertz CT molecular complexity index is 465. The van der Waals surface area contributed by atoms with E-state index in [1.807, 2.05) is 23.9 Å². The molecule has 1 aliphatic rings. The largest absolute Gasteiger partial charge is 0.493 e. The van der Waals surface area contributed by atoms with Crippen molar-refractivity contribution >= 4 is 27.7 Å². The second-order valence-corrected chi connectivity index (χ2v) is 7.06. The fourth-order valence-corrected chi connectivity index (χ4v) is 4.16. The zero-order valence-electron chi connectivity index (χ0n) is 12.6. The van der Waals surface area contributed by atoms with Gasteiger partial charge in [-0.1, -0.05) is 15.9 Å². The molecular formula is C15H23BrN2O2S. The molecular weight excluding hydrogens is 352 g/mol. The normalized spacial score (nSPS) is 18.1. The molecule has 0 aromatic heterocycles. The van der Waals surface area contributed by atoms with Crippen LogP contribution in [0.25, 0.3) is 0 Å². The number of rotatable bonds is 5. The molecule has 1 fully saturated rings. The van der Waals surface area contributed by atoms with E-state index in [2.05, 4.69) is 20.8 Å². The maximum atomic E-state index is 6.08. The Hall–Kier alpha value is -0.430. The lowest BCUT2D eigenvalue weighted by Crippen LogP contribution is -2.35. The fraction of sp³-hybridized carbons (Fsp3) is 0.600. The van der Waals surface area contributed by atoms with Crippen LogP contribution in [-0.4, -0.2) is 50.3 Å². The monoisotopic (exact) mass is 374 g/mol. The lowest BCUT2D eigenvalue weighted by atomic mass is 10.0. The summed E-state index contributed by atoms with van der Waals surface area (Å²) in [7, 11) is 3.31. The third-order valence-electron chi connectivity index (χ3n) is 3.78. The molecule has 21 heavy (non-hydrogen) atoms. The van der Waals surface area contributed by atoms with Gasteiger partial charge < -0.3 is 15.2 Å². The first kappa shape index (κ1) is 16.9. The molecule has 6 heteroatoms. The molecule has 118 valence electrons. The van der Waals surface area contributed by atoms with Crippen LogP contribution in [0.3, 0.4) is 0 Å². The van der Waals surface area contributed by atoms with Crippen molar-refractivity contribution in [2.45, 2.75) is 12.5 Å². The maximum Gasteiger partial charge on any atom is 0.161 e. The number of halogens is 1. The zero-order chi connectivity index (χ0) is 15.2. The van der Waals surface area contributed by atoms with Crippen molar-refractivity contribution in [1.82, 2.24) is 4.90 Å². The van der Waals surface area contributed by atoms with E-state index >= 15 is 0 Å². The minimum absolute atomic E-state index is 0.206. The predicted octanol–water partition coefficient (Wildman–Crippen LogP) is 2.91. The summed E-state index contributed by atoms with van der Waals surface area (Å²) in [6.45, 7) is 2.77. The van der Waals surface area contributed by atoms with Gasteiger partial charge >= 0.3 is 0 Å². The number of hydrogen-bond acceptors (Lipinski definition) is 5. The summed E-state index contributed by atoms with van der Waals surface area (Å²) in [6.07, 6.45) is 1.21. The van der Waals surface area contributed by atoms with Gasteiger partial charge in [-0.3, -0.25) is 4.90 Å². The second-order valence-electron chi connectivity index (χ2n) is 4.98. The van der Waals surface area contributed by atoms with Crippen molar-refractivity contribution in [1.29, 1.82) is 0 Å². The highest BCUT2D eigenvalue weighted by molar-refractivity contribution is 9.10. The van der Waals surface area contributed by atoms with Gasteiger partial charge in [-0.25, -0.2) is 0 Å². The average molecular weight is 375 g/mol. The van der Waals surface area contributed by atoms with Crippen molar-refractivity contribution in [2.24, 2.45) is 5.73 Å². The molecule has 1 saturated heterocycles. The van der Waals surface area contributed by atoms with Gasteiger partial charge in [0.25, 0.3) is 0 Å². The van der Waals surface area contributed by atoms with Crippen molar-refractivity contribution < 1.29 is 9.47 Å². The number of hydrogen-bond donors (Lipinski definition) is 1. The SMILES string of the molecule is COc1cc(Br)c(C(CN)N2CCCSCC2)cc1OC. The van der Waals surface area contributed by atoms with Crippen LogP contribution in [0, 0.1) is 0 Å². The van der Waals surface area contributed by atoms with Crippen LogP contribution < -0.4 is 15.2 Å². The zero-order valence-corrected chi connectivity index (χ0v) is 15.0. The van der Waals surface area contributed by atoms with Crippen LogP contribution in [-0.2, 0) is 0 Å². The number of nitrogens with zero attached hydrogens (tertiary/aromatic N) is 1. The Morgan fingerprint density at radius 2 is 1.95 bits per heavy atom. The van der Waals surface area contributed by atoms with Crippen molar-refractivity contribution in [3.05, 3.63) is 22.2 Å². The first-order chi connectivity index (χ1) is 10.2. The molecule has 1 aromatic rings. The quantitative estimate of drug-likeness (QED) is 0.858. The van der Waals surface area contributed by atoms with Gasteiger partial charge in [0, 0.05) is 29.4 Å². The average Bonchev–Trinajstić information content (AvgIpc) is 2.78. The first-order valence-corrected chi connectivity index (χ1v) is 9.09. The standard InChI is InChI=1S/C15H23BrN2O2S/c1-19-14-8-11(12(16)9-15(14)20-2)13(10-17)18-4-3-6-21-7-5-18/h8-9,13H,3-7,10,17H2,1-2H3. The summed E-state index contributed by atoms with van der Waals surface area (Å²) in [5.41, 5.74) is 7.24. The Kier molecular flexibility index (Phi) is 6.67. The molecule has 0 saturated carbocycles. The number of benzene rings is 1. The summed E-state index contributed by atoms with van der Waals surface area (Å²) in [5, 5.41) is 0. The molecule has 4 nitrogen and oxygen atoms in total. The van der Waals surface area contributed by atoms with Crippen molar-refractivity contribution in [2.75, 3.05) is 45.4 Å². The minimum atomic E-state index is 0.206. The summed E-state index contributed by atoms with van der Waals surface area (Å²) >= 11 is 5.68. The van der Waals surface area contributed by atoms with Crippen LogP contribution >= 0.6 is 27.7 Å². The van der Waals surface area contributed by atoms with Crippen LogP contribution in [0.1, 0.15) is 18.0 Å². The molecule has 1 aromatic carbocycles. The van der Waals surface area contributed by atoms with E-state index in [4.69, 9.17) is 15.2 Å². The highest BCUT2D eigenvalue weighted by atomic mass is 79.9. The highest BCUT2D eigenvalue weighted by Gasteiger charge is 2.24. The van der Waals surface area contributed by atoms with Gasteiger partial charge in [-0.15, -0.1) is 0 Å². The van der Waals surface area contributed by atoms with Gasteiger partial charge in [0.15, 0.2) is 11.5 Å². The number of thioether (sulfide) groups is 1. The number of ether oxygens (including phenoxy) is 2. The smallest absolute Gasteiger partial charge is 0.161 e. The molecule has 0 radical (unpaired) electrons. The molecule has 2 N–H and O–H groups in total. The minimum Gasteiger partial charge on any atom is -0.493 e. The number of nitrogens with two attached hydrogens (primary N) is 1. The second kappa shape index (κ2) is 8.27. The molecule has 0 spiro atoms. The van der Waals surface area contributed by atoms with Crippen LogP contribution in [0.15, 0.2) is 16.6 Å². The predicted molar refractivity (Wildman–Crippen MR) is 92.6 cm³/mol. The Morgan fingerprint density at radius 3 is 2.62 bits per heavy atom. The van der Waals surface area contributed by atoms with Gasteiger partial charge in [0.1, 0.15) is 0 Å². The third-order valence-corrected chi connectivity index (χ3v) is 5.52. The van der Waals surface area contributed by atoms with Gasteiger partial charge in [0.2, 0.25) is 0 Å². The molecule has 1 atom stereocenters. The van der Waals surface area contributed by atoms with E-state index in [-0.39, 0.29) is 6.04 Å². The van der Waals surface area contributed by atoms with Crippen LogP contribution in [0.4, 0.5) is 0 Å². The third kappa shape index (κ3) is 4.06. The molecule has 1 unspecified atom stereocenters.